The van der Waals surface area contributed by atoms with E-state index in [1.54, 1.807) is 30.4 Å². The molecule has 8 nitrogen and oxygen atoms in total. The average molecular weight is 393 g/mol. The van der Waals surface area contributed by atoms with Crippen LogP contribution in [0.3, 0.4) is 0 Å². The molecule has 1 atom stereocenters. The Kier molecular flexibility index (Phi) is 6.21. The Labute approximate surface area is 170 Å². The zero-order valence-electron chi connectivity index (χ0n) is 16.7. The molecule has 0 radical (unpaired) electrons. The highest BCUT2D eigenvalue weighted by atomic mass is 16.3. The number of nitrogens with zero attached hydrogens (tertiary/aromatic N) is 5. The molecule has 3 aromatic heterocycles. The van der Waals surface area contributed by atoms with Gasteiger partial charge in [0.15, 0.2) is 11.8 Å². The van der Waals surface area contributed by atoms with E-state index in [-0.39, 0.29) is 6.04 Å². The molecule has 152 valence electrons. The monoisotopic (exact) mass is 393 g/mol. The molecule has 1 fully saturated rings. The summed E-state index contributed by atoms with van der Waals surface area (Å²) in [6, 6.07) is 10.1. The molecular formula is C21H27N7O. The summed E-state index contributed by atoms with van der Waals surface area (Å²) < 4.78 is 7.45. The zero-order valence-corrected chi connectivity index (χ0v) is 16.7. The number of hydrogen-bond acceptors (Lipinski definition) is 5. The zero-order chi connectivity index (χ0) is 19.9. The molecule has 0 saturated carbocycles. The van der Waals surface area contributed by atoms with Crippen molar-refractivity contribution in [3.05, 3.63) is 66.5 Å². The molecule has 4 rings (SSSR count). The van der Waals surface area contributed by atoms with Crippen molar-refractivity contribution < 1.29 is 4.42 Å². The molecule has 1 saturated heterocycles. The number of nitrogens with one attached hydrogen (secondary N) is 2. The van der Waals surface area contributed by atoms with Crippen LogP contribution in [0.5, 0.6) is 0 Å². The number of furan rings is 1. The van der Waals surface area contributed by atoms with Gasteiger partial charge >= 0.3 is 0 Å². The highest BCUT2D eigenvalue weighted by molar-refractivity contribution is 5.79. The largest absolute Gasteiger partial charge is 0.468 e. The first kappa shape index (κ1) is 19.2. The lowest BCUT2D eigenvalue weighted by Crippen LogP contribution is -2.42. The van der Waals surface area contributed by atoms with Crippen LogP contribution < -0.4 is 10.6 Å². The summed E-state index contributed by atoms with van der Waals surface area (Å²) in [6.45, 7) is 3.59. The highest BCUT2D eigenvalue weighted by Gasteiger charge is 2.25. The average Bonchev–Trinajstić information content (AvgIpc) is 3.54. The maximum Gasteiger partial charge on any atom is 0.191 e. The van der Waals surface area contributed by atoms with Crippen LogP contribution in [-0.4, -0.2) is 52.3 Å². The van der Waals surface area contributed by atoms with E-state index in [9.17, 15) is 0 Å². The Morgan fingerprint density at radius 2 is 2.10 bits per heavy atom. The lowest BCUT2D eigenvalue weighted by Gasteiger charge is -2.26. The predicted octanol–water partition coefficient (Wildman–Crippen LogP) is 2.36. The van der Waals surface area contributed by atoms with Crippen LogP contribution in [-0.2, 0) is 6.54 Å². The van der Waals surface area contributed by atoms with Crippen molar-refractivity contribution in [2.45, 2.75) is 25.4 Å². The molecule has 4 heterocycles. The van der Waals surface area contributed by atoms with E-state index < -0.39 is 0 Å². The van der Waals surface area contributed by atoms with E-state index in [0.717, 1.165) is 42.7 Å². The summed E-state index contributed by atoms with van der Waals surface area (Å²) in [4.78, 5) is 11.2. The minimum atomic E-state index is 0.207. The van der Waals surface area contributed by atoms with Crippen LogP contribution in [0.25, 0.3) is 5.82 Å². The summed E-state index contributed by atoms with van der Waals surface area (Å²) in [5, 5.41) is 11.1. The number of hydrogen-bond donors (Lipinski definition) is 2. The van der Waals surface area contributed by atoms with Crippen molar-refractivity contribution in [3.8, 4) is 5.82 Å². The van der Waals surface area contributed by atoms with Crippen LogP contribution in [0.15, 0.2) is 64.6 Å². The first-order valence-corrected chi connectivity index (χ1v) is 10.0. The molecule has 8 heteroatoms. The van der Waals surface area contributed by atoms with E-state index >= 15 is 0 Å². The third-order valence-electron chi connectivity index (χ3n) is 5.15. The fraction of sp³-hybridized carbons (Fsp3) is 0.381. The van der Waals surface area contributed by atoms with Gasteiger partial charge in [-0.25, -0.2) is 9.67 Å². The van der Waals surface area contributed by atoms with Crippen molar-refractivity contribution in [1.82, 2.24) is 30.3 Å². The molecule has 0 bridgehead atoms. The number of aromatic nitrogens is 3. The fourth-order valence-electron chi connectivity index (χ4n) is 3.64. The number of guanidine groups is 1. The summed E-state index contributed by atoms with van der Waals surface area (Å²) in [5.74, 6) is 2.55. The summed E-state index contributed by atoms with van der Waals surface area (Å²) >= 11 is 0. The molecule has 0 spiro atoms. The van der Waals surface area contributed by atoms with E-state index in [2.05, 4.69) is 36.7 Å². The maximum atomic E-state index is 5.69. The highest BCUT2D eigenvalue weighted by Crippen LogP contribution is 2.24. The number of aliphatic imine (C=N–C) groups is 1. The van der Waals surface area contributed by atoms with Gasteiger partial charge in [-0.1, -0.05) is 0 Å². The smallest absolute Gasteiger partial charge is 0.191 e. The van der Waals surface area contributed by atoms with Crippen LogP contribution in [0.2, 0.25) is 0 Å². The van der Waals surface area contributed by atoms with Gasteiger partial charge in [-0.2, -0.15) is 5.10 Å². The summed E-state index contributed by atoms with van der Waals surface area (Å²) in [5.41, 5.74) is 1.11. The van der Waals surface area contributed by atoms with Crippen LogP contribution in [0.4, 0.5) is 0 Å². The Bertz CT molecular complexity index is 899. The van der Waals surface area contributed by atoms with Gasteiger partial charge in [-0.3, -0.25) is 9.89 Å². The minimum Gasteiger partial charge on any atom is -0.468 e. The van der Waals surface area contributed by atoms with E-state index in [4.69, 9.17) is 4.42 Å². The van der Waals surface area contributed by atoms with Gasteiger partial charge in [0.2, 0.25) is 0 Å². The van der Waals surface area contributed by atoms with Crippen LogP contribution in [0.1, 0.15) is 30.2 Å². The second kappa shape index (κ2) is 9.38. The SMILES string of the molecule is CN=C(NCc1ccnc(-n2cccn2)c1)NCC(c1ccco1)N1CCCC1. The van der Waals surface area contributed by atoms with Gasteiger partial charge in [-0.05, 0) is 61.8 Å². The summed E-state index contributed by atoms with van der Waals surface area (Å²) in [6.07, 6.45) is 9.65. The molecular weight excluding hydrogens is 366 g/mol. The van der Waals surface area contributed by atoms with Crippen molar-refractivity contribution in [3.63, 3.8) is 0 Å². The fourth-order valence-corrected chi connectivity index (χ4v) is 3.64. The van der Waals surface area contributed by atoms with Gasteiger partial charge in [0.05, 0.1) is 12.3 Å². The molecule has 0 aromatic carbocycles. The van der Waals surface area contributed by atoms with E-state index in [1.165, 1.54) is 12.8 Å². The topological polar surface area (TPSA) is 83.5 Å². The van der Waals surface area contributed by atoms with Gasteiger partial charge in [0, 0.05) is 38.7 Å². The second-order valence-corrected chi connectivity index (χ2v) is 7.05. The quantitative estimate of drug-likeness (QED) is 0.474. The number of pyridine rings is 1. The molecule has 1 unspecified atom stereocenters. The molecule has 3 aromatic rings. The van der Waals surface area contributed by atoms with Gasteiger partial charge in [0.1, 0.15) is 5.76 Å². The Hall–Kier alpha value is -3.13. The van der Waals surface area contributed by atoms with Crippen molar-refractivity contribution in [2.24, 2.45) is 4.99 Å². The van der Waals surface area contributed by atoms with Crippen LogP contribution >= 0.6 is 0 Å². The van der Waals surface area contributed by atoms with Gasteiger partial charge in [0.25, 0.3) is 0 Å². The Balaban J connectivity index is 1.35. The lowest BCUT2D eigenvalue weighted by atomic mass is 10.2. The third-order valence-corrected chi connectivity index (χ3v) is 5.15. The van der Waals surface area contributed by atoms with Crippen molar-refractivity contribution in [1.29, 1.82) is 0 Å². The predicted molar refractivity (Wildman–Crippen MR) is 112 cm³/mol. The van der Waals surface area contributed by atoms with Crippen LogP contribution in [0, 0.1) is 0 Å². The Morgan fingerprint density at radius 3 is 2.83 bits per heavy atom. The molecule has 29 heavy (non-hydrogen) atoms. The van der Waals surface area contributed by atoms with Gasteiger partial charge < -0.3 is 15.1 Å². The Morgan fingerprint density at radius 1 is 1.21 bits per heavy atom. The van der Waals surface area contributed by atoms with Crippen molar-refractivity contribution in [2.75, 3.05) is 26.7 Å². The normalized spacial score (nSPS) is 16.1. The summed E-state index contributed by atoms with van der Waals surface area (Å²) in [7, 11) is 1.79. The number of likely N-dealkylation sites (tertiary alicyclic amines) is 1. The van der Waals surface area contributed by atoms with Crippen molar-refractivity contribution >= 4 is 5.96 Å². The minimum absolute atomic E-state index is 0.207. The van der Waals surface area contributed by atoms with E-state index in [1.807, 2.05) is 30.5 Å². The molecule has 1 aliphatic rings. The maximum absolute atomic E-state index is 5.69. The molecule has 0 amide bonds. The first-order chi connectivity index (χ1) is 14.3. The molecule has 1 aliphatic heterocycles. The van der Waals surface area contributed by atoms with Gasteiger partial charge in [-0.15, -0.1) is 0 Å². The standard InChI is InChI=1S/C21H27N7O/c1-22-21(24-15-17-7-9-23-20(14-17)28-12-5-8-26-28)25-16-18(19-6-4-13-29-19)27-10-2-3-11-27/h4-9,12-14,18H,2-3,10-11,15-16H2,1H3,(H2,22,24,25). The molecule has 2 N–H and O–H groups in total. The number of rotatable bonds is 7. The third kappa shape index (κ3) is 4.83. The lowest BCUT2D eigenvalue weighted by molar-refractivity contribution is 0.215. The first-order valence-electron chi connectivity index (χ1n) is 10.0. The molecule has 0 aliphatic carbocycles. The second-order valence-electron chi connectivity index (χ2n) is 7.05. The van der Waals surface area contributed by atoms with E-state index in [0.29, 0.717) is 6.54 Å².